The molecule has 0 saturated heterocycles. The molecule has 0 aromatic heterocycles. The first kappa shape index (κ1) is 37.3. The van der Waals surface area contributed by atoms with Gasteiger partial charge in [0.15, 0.2) is 12.2 Å². The summed E-state index contributed by atoms with van der Waals surface area (Å²) in [5.74, 6) is -4.37. The first-order valence-corrected chi connectivity index (χ1v) is 6.34. The molecule has 18 heteroatoms. The fraction of sp³-hybridized carbons (Fsp3) is 0.500. The zero-order chi connectivity index (χ0) is 14.7. The predicted molar refractivity (Wildman–Crippen MR) is 65.5 cm³/mol. The molecule has 4 N–H and O–H groups in total. The maximum atomic E-state index is 10.7. The molecule has 0 aromatic carbocycles. The van der Waals surface area contributed by atoms with Gasteiger partial charge in [-0.25, -0.2) is 9.59 Å². The van der Waals surface area contributed by atoms with Crippen LogP contribution in [0, 0.1) is 0 Å². The van der Waals surface area contributed by atoms with E-state index in [9.17, 15) is 26.4 Å². The van der Waals surface area contributed by atoms with Crippen LogP contribution in [0.2, 0.25) is 0 Å². The van der Waals surface area contributed by atoms with E-state index in [0.717, 1.165) is 0 Å². The van der Waals surface area contributed by atoms with Crippen molar-refractivity contribution in [2.45, 2.75) is 12.2 Å². The van der Waals surface area contributed by atoms with Gasteiger partial charge in [-0.3, -0.25) is 9.11 Å². The van der Waals surface area contributed by atoms with E-state index in [1.54, 1.807) is 0 Å². The Labute approximate surface area is 279 Å². The molecule has 118 valence electrons. The first-order chi connectivity index (χ1) is 7.83. The summed E-state index contributed by atoms with van der Waals surface area (Å²) < 4.78 is 62.5. The molecule has 0 aromatic rings. The molecule has 0 bridgehead atoms. The fourth-order valence-corrected chi connectivity index (χ4v) is 1.18. The zero-order valence-electron chi connectivity index (χ0n) is 17.4. The van der Waals surface area contributed by atoms with Crippen molar-refractivity contribution >= 4 is 108 Å². The third-order valence-electron chi connectivity index (χ3n) is 1.16. The molecule has 0 amide bonds. The number of rotatable bonds is 5. The van der Waals surface area contributed by atoms with Crippen LogP contribution in [-0.4, -0.2) is 136 Å². The molecular weight excluding hydrogens is 463 g/mol. The van der Waals surface area contributed by atoms with E-state index in [4.69, 9.17) is 19.3 Å². The predicted octanol–water partition coefficient (Wildman–Crippen LogP) is -9.68. The Morgan fingerprint density at radius 1 is 0.773 bits per heavy atom. The van der Waals surface area contributed by atoms with E-state index in [2.05, 4.69) is 8.37 Å². The van der Waals surface area contributed by atoms with E-state index >= 15 is 0 Å². The molecule has 0 aliphatic heterocycles. The van der Waals surface area contributed by atoms with Crippen LogP contribution in [0.3, 0.4) is 0 Å². The number of carbonyl (C=O) groups excluding carboxylic acids is 2. The van der Waals surface area contributed by atoms with Crippen LogP contribution in [-0.2, 0) is 38.8 Å². The summed E-state index contributed by atoms with van der Waals surface area (Å²) in [5, 5.41) is 17.7. The Balaban J connectivity index is -0.0000000321. The van der Waals surface area contributed by atoms with Crippen LogP contribution in [0.25, 0.3) is 0 Å². The quantitative estimate of drug-likeness (QED) is 0.217. The van der Waals surface area contributed by atoms with Crippen molar-refractivity contribution < 1.29 is 165 Å². The third-order valence-corrected chi connectivity index (χ3v) is 1.91. The van der Waals surface area contributed by atoms with Gasteiger partial charge >= 0.3 is 211 Å². The summed E-state index contributed by atoms with van der Waals surface area (Å²) in [6, 6.07) is 0. The summed E-state index contributed by atoms with van der Waals surface area (Å²) in [6.45, 7) is 0. The molecule has 0 spiro atoms. The van der Waals surface area contributed by atoms with Gasteiger partial charge < -0.3 is 27.1 Å². The standard InChI is InChI=1S/C4H6O12S2.2Ca.2K.6H/c5-1(3(7)15-17(9,10)11)2(6)4(8)16-18(12,13)14;;;;;;;;;;/h1-2,5-6H,(H,9,10,11)(H,12,13,14);;;;;;;;;;/q;2*+2;2*+1;6*-1. The second-order valence-corrected chi connectivity index (χ2v) is 4.59. The summed E-state index contributed by atoms with van der Waals surface area (Å²) >= 11 is 0. The van der Waals surface area contributed by atoms with Gasteiger partial charge in [0.2, 0.25) is 0 Å². The molecule has 0 aliphatic carbocycles. The van der Waals surface area contributed by atoms with Gasteiger partial charge in [-0.05, 0) is 0 Å². The van der Waals surface area contributed by atoms with Crippen LogP contribution < -0.4 is 103 Å². The molecule has 0 fully saturated rings. The molecule has 2 unspecified atom stereocenters. The zero-order valence-corrected chi connectivity index (χ0v) is 23.7. The van der Waals surface area contributed by atoms with Crippen molar-refractivity contribution in [2.75, 3.05) is 0 Å². The normalized spacial score (nSPS) is 12.7. The minimum Gasteiger partial charge on any atom is -1.00 e. The number of hydrogen-bond acceptors (Lipinski definition) is 10. The van der Waals surface area contributed by atoms with Crippen molar-refractivity contribution in [1.82, 2.24) is 0 Å². The van der Waals surface area contributed by atoms with Crippen molar-refractivity contribution in [1.29, 1.82) is 0 Å². The number of carbonyl (C=O) groups is 2. The minimum absolute atomic E-state index is 0. The van der Waals surface area contributed by atoms with Crippen molar-refractivity contribution in [2.24, 2.45) is 0 Å². The van der Waals surface area contributed by atoms with Crippen molar-refractivity contribution in [3.63, 3.8) is 0 Å². The van der Waals surface area contributed by atoms with Gasteiger partial charge in [-0.1, -0.05) is 0 Å². The monoisotopic (exact) mass is 474 g/mol. The Morgan fingerprint density at radius 2 is 0.955 bits per heavy atom. The van der Waals surface area contributed by atoms with Crippen LogP contribution in [0.15, 0.2) is 0 Å². The summed E-state index contributed by atoms with van der Waals surface area (Å²) in [6.07, 6.45) is -5.75. The first-order valence-electron chi connectivity index (χ1n) is 3.61. The fourth-order valence-electron chi connectivity index (χ4n) is 0.564. The Hall–Kier alpha value is 4.47. The Morgan fingerprint density at radius 3 is 1.09 bits per heavy atom. The number of hydrogen-bond donors (Lipinski definition) is 4. The largest absolute Gasteiger partial charge is 2.00 e. The molecule has 22 heavy (non-hydrogen) atoms. The van der Waals surface area contributed by atoms with Crippen LogP contribution in [0.1, 0.15) is 8.56 Å². The Bertz CT molecular complexity index is 516. The average molecular weight is 475 g/mol. The number of aliphatic hydroxyl groups excluding tert-OH is 2. The minimum atomic E-state index is -5.30. The van der Waals surface area contributed by atoms with Crippen LogP contribution in [0.4, 0.5) is 0 Å². The van der Waals surface area contributed by atoms with E-state index in [1.165, 1.54) is 0 Å². The van der Waals surface area contributed by atoms with Gasteiger partial charge in [-0.2, -0.15) is 16.8 Å². The molecule has 2 atom stereocenters. The second kappa shape index (κ2) is 16.4. The van der Waals surface area contributed by atoms with Gasteiger partial charge in [-0.15, -0.1) is 0 Å². The van der Waals surface area contributed by atoms with Gasteiger partial charge in [0.05, 0.1) is 0 Å². The van der Waals surface area contributed by atoms with E-state index in [-0.39, 0.29) is 187 Å². The second-order valence-electron chi connectivity index (χ2n) is 2.55. The maximum Gasteiger partial charge on any atom is 2.00 e. The average Bonchev–Trinajstić information content (AvgIpc) is 2.09. The Kier molecular flexibility index (Phi) is 27.8. The molecular formula is C4H12Ca2K2O12S2. The molecule has 12 nitrogen and oxygen atoms in total. The van der Waals surface area contributed by atoms with Crippen molar-refractivity contribution in [3.8, 4) is 0 Å². The SMILES string of the molecule is O=C(OS(=O)(=O)O)C(O)C(O)C(=O)OS(=O)(=O)O.[Ca+2].[Ca+2].[H-].[H-].[H-].[H-].[H-].[H-].[K+].[K+]. The molecule has 0 rings (SSSR count). The number of aliphatic hydroxyl groups is 2. The van der Waals surface area contributed by atoms with E-state index in [0.29, 0.717) is 0 Å². The van der Waals surface area contributed by atoms with Gasteiger partial charge in [0, 0.05) is 0 Å². The molecule has 0 saturated carbocycles. The van der Waals surface area contributed by atoms with Gasteiger partial charge in [0.1, 0.15) is 0 Å². The van der Waals surface area contributed by atoms with Crippen LogP contribution in [0.5, 0.6) is 0 Å². The smallest absolute Gasteiger partial charge is 1.00 e. The summed E-state index contributed by atoms with van der Waals surface area (Å²) in [5.41, 5.74) is 0. The molecule has 0 heterocycles. The van der Waals surface area contributed by atoms with E-state index in [1.807, 2.05) is 0 Å². The van der Waals surface area contributed by atoms with E-state index < -0.39 is 44.9 Å². The van der Waals surface area contributed by atoms with Gasteiger partial charge in [0.25, 0.3) is 0 Å². The van der Waals surface area contributed by atoms with Crippen molar-refractivity contribution in [3.05, 3.63) is 0 Å². The maximum absolute atomic E-state index is 10.7. The third kappa shape index (κ3) is 19.2. The topological polar surface area (TPSA) is 202 Å². The molecule has 0 aliphatic rings. The molecule has 0 radical (unpaired) electrons. The summed E-state index contributed by atoms with van der Waals surface area (Å²) in [4.78, 5) is 21.4. The van der Waals surface area contributed by atoms with Crippen LogP contribution >= 0.6 is 0 Å². The summed E-state index contributed by atoms with van der Waals surface area (Å²) in [7, 11) is -10.6.